The molecule has 2 aromatic carbocycles. The Bertz CT molecular complexity index is 1460. The molecule has 0 bridgehead atoms. The molecule has 0 spiro atoms. The fourth-order valence-electron chi connectivity index (χ4n) is 5.04. The third-order valence-corrected chi connectivity index (χ3v) is 7.07. The molecule has 2 aromatic rings. The molecule has 0 aromatic heterocycles. The molecular weight excluding hydrogens is 634 g/mol. The van der Waals surface area contributed by atoms with Crippen molar-refractivity contribution in [3.05, 3.63) is 53.3 Å². The predicted molar refractivity (Wildman–Crippen MR) is 175 cm³/mol. The number of esters is 1. The zero-order chi connectivity index (χ0) is 36.2. The third kappa shape index (κ3) is 10.8. The molecule has 13 heteroatoms. The molecule has 0 aliphatic carbocycles. The minimum Gasteiger partial charge on any atom is -0.487 e. The first kappa shape index (κ1) is 38.6. The summed E-state index contributed by atoms with van der Waals surface area (Å²) < 4.78 is 75.7. The molecular formula is C35H47F4N3O6. The van der Waals surface area contributed by atoms with Crippen molar-refractivity contribution in [2.24, 2.45) is 5.41 Å². The SMILES string of the molecule is CC(C)(C)CCNC[C@H]1Cc2c(cc(OCc3ccccc3)c(N(CC(=O)OC(C)(C)C)C(=O)C(F)(F)F)c2F)N1C(=O)OC(C)(C)C. The van der Waals surface area contributed by atoms with Crippen LogP contribution in [0.4, 0.5) is 33.7 Å². The van der Waals surface area contributed by atoms with Gasteiger partial charge in [0.1, 0.15) is 35.8 Å². The second-order valence-electron chi connectivity index (χ2n) is 15.0. The first-order valence-electron chi connectivity index (χ1n) is 15.8. The number of fused-ring (bicyclic) bond motifs is 1. The summed E-state index contributed by atoms with van der Waals surface area (Å²) in [6.45, 7) is 15.1. The number of nitrogens with zero attached hydrogens (tertiary/aromatic N) is 2. The van der Waals surface area contributed by atoms with E-state index in [1.165, 1.54) is 31.7 Å². The first-order valence-corrected chi connectivity index (χ1v) is 15.8. The summed E-state index contributed by atoms with van der Waals surface area (Å²) in [5.41, 5.74) is -2.40. The fraction of sp³-hybridized carbons (Fsp3) is 0.571. The van der Waals surface area contributed by atoms with Crippen molar-refractivity contribution in [1.29, 1.82) is 0 Å². The van der Waals surface area contributed by atoms with Crippen molar-refractivity contribution in [1.82, 2.24) is 5.32 Å². The van der Waals surface area contributed by atoms with Crippen molar-refractivity contribution in [3.63, 3.8) is 0 Å². The van der Waals surface area contributed by atoms with Gasteiger partial charge in [0, 0.05) is 18.2 Å². The number of benzene rings is 2. The predicted octanol–water partition coefficient (Wildman–Crippen LogP) is 7.33. The van der Waals surface area contributed by atoms with Crippen LogP contribution in [-0.2, 0) is 32.1 Å². The Balaban J connectivity index is 2.20. The lowest BCUT2D eigenvalue weighted by Gasteiger charge is -2.30. The second-order valence-corrected chi connectivity index (χ2v) is 15.0. The number of hydrogen-bond acceptors (Lipinski definition) is 7. The van der Waals surface area contributed by atoms with Crippen LogP contribution in [-0.4, -0.2) is 61.0 Å². The van der Waals surface area contributed by atoms with Crippen molar-refractivity contribution in [3.8, 4) is 5.75 Å². The number of anilines is 2. The van der Waals surface area contributed by atoms with Crippen molar-refractivity contribution in [2.45, 2.75) is 105 Å². The molecule has 1 aliphatic heterocycles. The zero-order valence-electron chi connectivity index (χ0n) is 29.1. The lowest BCUT2D eigenvalue weighted by Crippen LogP contribution is -2.46. The van der Waals surface area contributed by atoms with Crippen LogP contribution in [0.2, 0.25) is 0 Å². The Kier molecular flexibility index (Phi) is 11.8. The molecule has 2 amide bonds. The smallest absolute Gasteiger partial charge is 0.471 e. The van der Waals surface area contributed by atoms with Gasteiger partial charge in [-0.2, -0.15) is 13.2 Å². The van der Waals surface area contributed by atoms with Gasteiger partial charge >= 0.3 is 24.1 Å². The summed E-state index contributed by atoms with van der Waals surface area (Å²) in [6.07, 6.45) is -5.59. The maximum Gasteiger partial charge on any atom is 0.471 e. The minimum atomic E-state index is -5.48. The van der Waals surface area contributed by atoms with E-state index in [0.717, 1.165) is 6.42 Å². The Morgan fingerprint density at radius 3 is 2.08 bits per heavy atom. The lowest BCUT2D eigenvalue weighted by atomic mass is 9.92. The normalized spacial score (nSPS) is 15.2. The van der Waals surface area contributed by atoms with E-state index in [-0.39, 0.29) is 41.1 Å². The van der Waals surface area contributed by atoms with E-state index in [9.17, 15) is 27.6 Å². The largest absolute Gasteiger partial charge is 0.487 e. The summed E-state index contributed by atoms with van der Waals surface area (Å²) in [5, 5.41) is 3.29. The number of nitrogens with one attached hydrogen (secondary N) is 1. The fourth-order valence-corrected chi connectivity index (χ4v) is 5.04. The van der Waals surface area contributed by atoms with Crippen LogP contribution in [0.15, 0.2) is 36.4 Å². The summed E-state index contributed by atoms with van der Waals surface area (Å²) >= 11 is 0. The number of carbonyl (C=O) groups excluding carboxylic acids is 3. The zero-order valence-corrected chi connectivity index (χ0v) is 29.1. The van der Waals surface area contributed by atoms with Gasteiger partial charge < -0.3 is 19.5 Å². The summed E-state index contributed by atoms with van der Waals surface area (Å²) in [6, 6.07) is 9.09. The van der Waals surface area contributed by atoms with E-state index in [2.05, 4.69) is 26.1 Å². The van der Waals surface area contributed by atoms with Crippen LogP contribution in [0.1, 0.15) is 79.9 Å². The molecule has 9 nitrogen and oxygen atoms in total. The molecule has 0 saturated carbocycles. The van der Waals surface area contributed by atoms with Gasteiger partial charge in [0.15, 0.2) is 5.82 Å². The maximum absolute atomic E-state index is 16.8. The highest BCUT2D eigenvalue weighted by Gasteiger charge is 2.47. The van der Waals surface area contributed by atoms with Gasteiger partial charge in [-0.1, -0.05) is 51.1 Å². The number of alkyl halides is 3. The molecule has 0 saturated heterocycles. The van der Waals surface area contributed by atoms with Crippen LogP contribution in [0.25, 0.3) is 0 Å². The van der Waals surface area contributed by atoms with Gasteiger partial charge in [0.05, 0.1) is 11.7 Å². The van der Waals surface area contributed by atoms with Crippen molar-refractivity contribution >= 4 is 29.3 Å². The number of rotatable bonds is 10. The number of halogens is 4. The van der Waals surface area contributed by atoms with E-state index >= 15 is 4.39 Å². The minimum absolute atomic E-state index is 0.00324. The number of ether oxygens (including phenoxy) is 3. The molecule has 0 radical (unpaired) electrons. The van der Waals surface area contributed by atoms with E-state index in [1.807, 2.05) is 0 Å². The molecule has 1 N–H and O–H groups in total. The Morgan fingerprint density at radius 1 is 0.938 bits per heavy atom. The number of hydrogen-bond donors (Lipinski definition) is 1. The Labute approximate surface area is 279 Å². The summed E-state index contributed by atoms with van der Waals surface area (Å²) in [5.74, 6) is -5.39. The van der Waals surface area contributed by atoms with Gasteiger partial charge in [-0.05, 0) is 71.9 Å². The topological polar surface area (TPSA) is 97.4 Å². The molecule has 266 valence electrons. The lowest BCUT2D eigenvalue weighted by molar-refractivity contribution is -0.171. The van der Waals surface area contributed by atoms with E-state index < -0.39 is 65.2 Å². The van der Waals surface area contributed by atoms with Gasteiger partial charge in [-0.25, -0.2) is 9.18 Å². The average Bonchev–Trinajstić information content (AvgIpc) is 3.29. The van der Waals surface area contributed by atoms with E-state index in [0.29, 0.717) is 12.1 Å². The number of amides is 2. The van der Waals surface area contributed by atoms with E-state index in [4.69, 9.17) is 14.2 Å². The Hall–Kier alpha value is -3.87. The van der Waals surface area contributed by atoms with Gasteiger partial charge in [0.2, 0.25) is 0 Å². The highest BCUT2D eigenvalue weighted by atomic mass is 19.4. The van der Waals surface area contributed by atoms with Crippen LogP contribution in [0.5, 0.6) is 5.75 Å². The molecule has 48 heavy (non-hydrogen) atoms. The molecule has 1 atom stereocenters. The van der Waals surface area contributed by atoms with Crippen LogP contribution in [0, 0.1) is 11.2 Å². The highest BCUT2D eigenvalue weighted by molar-refractivity contribution is 6.03. The van der Waals surface area contributed by atoms with Gasteiger partial charge in [0.25, 0.3) is 0 Å². The van der Waals surface area contributed by atoms with Crippen LogP contribution in [0.3, 0.4) is 0 Å². The third-order valence-electron chi connectivity index (χ3n) is 7.07. The molecule has 3 rings (SSSR count). The molecule has 0 fully saturated rings. The summed E-state index contributed by atoms with van der Waals surface area (Å²) in [4.78, 5) is 40.6. The standard InChI is InChI=1S/C35H47F4N3O6/c1-32(2,3)15-16-40-19-23-17-24-25(42(23)31(45)48-34(7,8)9)18-26(46-21-22-13-11-10-12-14-22)29(28(24)36)41(30(44)35(37,38)39)20-27(43)47-33(4,5)6/h10-14,18,23,40H,15-17,19-21H2,1-9H3/t23-/m1/s1. The molecule has 1 heterocycles. The van der Waals surface area contributed by atoms with E-state index in [1.54, 1.807) is 51.1 Å². The second kappa shape index (κ2) is 14.7. The van der Waals surface area contributed by atoms with Crippen molar-refractivity contribution in [2.75, 3.05) is 29.4 Å². The van der Waals surface area contributed by atoms with Crippen LogP contribution >= 0.6 is 0 Å². The van der Waals surface area contributed by atoms with Crippen LogP contribution < -0.4 is 19.9 Å². The summed E-state index contributed by atoms with van der Waals surface area (Å²) in [7, 11) is 0. The van der Waals surface area contributed by atoms with Crippen molar-refractivity contribution < 1.29 is 46.2 Å². The average molecular weight is 682 g/mol. The molecule has 0 unspecified atom stereocenters. The molecule has 1 aliphatic rings. The first-order chi connectivity index (χ1) is 22.0. The number of carbonyl (C=O) groups is 3. The Morgan fingerprint density at radius 2 is 1.54 bits per heavy atom. The van der Waals surface area contributed by atoms with Gasteiger partial charge in [-0.15, -0.1) is 0 Å². The maximum atomic E-state index is 16.8. The monoisotopic (exact) mass is 681 g/mol. The highest BCUT2D eigenvalue weighted by Crippen LogP contribution is 2.45. The van der Waals surface area contributed by atoms with Gasteiger partial charge in [-0.3, -0.25) is 19.4 Å². The quantitative estimate of drug-likeness (QED) is 0.159.